The highest BCUT2D eigenvalue weighted by atomic mass is 35.5. The van der Waals surface area contributed by atoms with E-state index in [4.69, 9.17) is 16.7 Å². The van der Waals surface area contributed by atoms with Crippen molar-refractivity contribution in [1.29, 1.82) is 0 Å². The summed E-state index contributed by atoms with van der Waals surface area (Å²) >= 11 is 5.69. The lowest BCUT2D eigenvalue weighted by Crippen LogP contribution is -2.02. The molecule has 0 bridgehead atoms. The number of nitrogens with zero attached hydrogens (tertiary/aromatic N) is 4. The van der Waals surface area contributed by atoms with E-state index in [1.165, 1.54) is 4.52 Å². The number of carbonyl (C=O) groups is 1. The van der Waals surface area contributed by atoms with Gasteiger partial charge in [-0.15, -0.1) is 16.7 Å². The fourth-order valence-corrected chi connectivity index (χ4v) is 1.40. The first-order chi connectivity index (χ1) is 7.20. The molecule has 2 rings (SSSR count). The van der Waals surface area contributed by atoms with E-state index < -0.39 is 5.97 Å². The van der Waals surface area contributed by atoms with Gasteiger partial charge in [0.2, 0.25) is 0 Å². The van der Waals surface area contributed by atoms with Crippen molar-refractivity contribution in [1.82, 2.24) is 19.6 Å². The third kappa shape index (κ3) is 1.89. The van der Waals surface area contributed by atoms with Gasteiger partial charge in [-0.25, -0.2) is 4.98 Å². The molecule has 6 nitrogen and oxygen atoms in total. The van der Waals surface area contributed by atoms with E-state index in [0.717, 1.165) is 5.69 Å². The van der Waals surface area contributed by atoms with Crippen molar-refractivity contribution in [2.24, 2.45) is 0 Å². The molecule has 0 spiro atoms. The Hall–Kier alpha value is -1.69. The van der Waals surface area contributed by atoms with Gasteiger partial charge in [0.05, 0.1) is 11.6 Å². The molecule has 0 aliphatic heterocycles. The molecule has 15 heavy (non-hydrogen) atoms. The van der Waals surface area contributed by atoms with Crippen molar-refractivity contribution >= 4 is 23.3 Å². The number of hydrogen-bond acceptors (Lipinski definition) is 4. The topological polar surface area (TPSA) is 80.4 Å². The fourth-order valence-electron chi connectivity index (χ4n) is 1.19. The van der Waals surface area contributed by atoms with Crippen molar-refractivity contribution in [3.8, 4) is 0 Å². The molecule has 0 unspecified atom stereocenters. The van der Waals surface area contributed by atoms with E-state index >= 15 is 0 Å². The minimum absolute atomic E-state index is 0.217. The van der Waals surface area contributed by atoms with Crippen LogP contribution < -0.4 is 0 Å². The zero-order valence-corrected chi connectivity index (χ0v) is 8.35. The normalized spacial score (nSPS) is 10.7. The van der Waals surface area contributed by atoms with Crippen LogP contribution in [0.3, 0.4) is 0 Å². The van der Waals surface area contributed by atoms with Crippen LogP contribution in [0.2, 0.25) is 0 Å². The summed E-state index contributed by atoms with van der Waals surface area (Å²) in [6.07, 6.45) is 1.34. The molecular formula is C8H7ClN4O2. The first-order valence-electron chi connectivity index (χ1n) is 4.18. The summed E-state index contributed by atoms with van der Waals surface area (Å²) in [5.41, 5.74) is 0.728. The standard InChI is InChI=1S/C8H7ClN4O2/c9-4-5-1-2-10-8-11-6(3-7(14)15)12-13(5)8/h1-2H,3-4H2,(H,14,15). The van der Waals surface area contributed by atoms with Gasteiger partial charge in [-0.2, -0.15) is 9.50 Å². The second kappa shape index (κ2) is 3.82. The highest BCUT2D eigenvalue weighted by molar-refractivity contribution is 6.16. The SMILES string of the molecule is O=C(O)Cc1nc2nccc(CCl)n2n1. The minimum Gasteiger partial charge on any atom is -0.481 e. The Morgan fingerprint density at radius 1 is 1.60 bits per heavy atom. The van der Waals surface area contributed by atoms with Gasteiger partial charge in [-0.3, -0.25) is 4.79 Å². The summed E-state index contributed by atoms with van der Waals surface area (Å²) in [5, 5.41) is 12.6. The Morgan fingerprint density at radius 3 is 3.07 bits per heavy atom. The number of hydrogen-bond donors (Lipinski definition) is 1. The van der Waals surface area contributed by atoms with Gasteiger partial charge in [0.15, 0.2) is 5.82 Å². The molecule has 0 saturated heterocycles. The third-order valence-corrected chi connectivity index (χ3v) is 2.08. The molecule has 0 amide bonds. The van der Waals surface area contributed by atoms with E-state index in [2.05, 4.69) is 15.1 Å². The zero-order chi connectivity index (χ0) is 10.8. The average Bonchev–Trinajstić information content (AvgIpc) is 2.58. The molecule has 2 heterocycles. The number of aliphatic carboxylic acids is 1. The van der Waals surface area contributed by atoms with Crippen LogP contribution in [0.25, 0.3) is 5.78 Å². The van der Waals surface area contributed by atoms with Gasteiger partial charge in [-0.05, 0) is 6.07 Å². The van der Waals surface area contributed by atoms with Gasteiger partial charge in [0, 0.05) is 6.20 Å². The summed E-state index contributed by atoms with van der Waals surface area (Å²) in [6, 6.07) is 1.71. The van der Waals surface area contributed by atoms with E-state index in [-0.39, 0.29) is 18.1 Å². The fraction of sp³-hybridized carbons (Fsp3) is 0.250. The number of halogens is 1. The Balaban J connectivity index is 2.50. The number of carboxylic acids is 1. The second-order valence-electron chi connectivity index (χ2n) is 2.88. The van der Waals surface area contributed by atoms with E-state index in [9.17, 15) is 4.79 Å². The first-order valence-corrected chi connectivity index (χ1v) is 4.71. The van der Waals surface area contributed by atoms with Crippen molar-refractivity contribution in [3.05, 3.63) is 23.8 Å². The molecule has 0 saturated carbocycles. The number of carboxylic acid groups (broad SMARTS) is 1. The lowest BCUT2D eigenvalue weighted by atomic mass is 10.4. The predicted octanol–water partition coefficient (Wildman–Crippen LogP) is 0.490. The van der Waals surface area contributed by atoms with Crippen LogP contribution in [0, 0.1) is 0 Å². The summed E-state index contributed by atoms with van der Waals surface area (Å²) in [4.78, 5) is 18.4. The molecule has 2 aromatic rings. The molecule has 2 aromatic heterocycles. The highest BCUT2D eigenvalue weighted by Gasteiger charge is 2.10. The monoisotopic (exact) mass is 226 g/mol. The smallest absolute Gasteiger partial charge is 0.311 e. The van der Waals surface area contributed by atoms with E-state index in [1.807, 2.05) is 0 Å². The van der Waals surface area contributed by atoms with E-state index in [0.29, 0.717) is 5.78 Å². The zero-order valence-electron chi connectivity index (χ0n) is 7.59. The maximum absolute atomic E-state index is 10.5. The molecule has 0 aliphatic rings. The summed E-state index contributed by atoms with van der Waals surface area (Å²) in [7, 11) is 0. The summed E-state index contributed by atoms with van der Waals surface area (Å²) in [6.45, 7) is 0. The lowest BCUT2D eigenvalue weighted by molar-refractivity contribution is -0.136. The van der Waals surface area contributed by atoms with Crippen LogP contribution in [0.4, 0.5) is 0 Å². The number of aromatic nitrogens is 4. The van der Waals surface area contributed by atoms with Gasteiger partial charge >= 0.3 is 5.97 Å². The predicted molar refractivity (Wildman–Crippen MR) is 51.7 cm³/mol. The second-order valence-corrected chi connectivity index (χ2v) is 3.15. The van der Waals surface area contributed by atoms with Crippen LogP contribution in [0.15, 0.2) is 12.3 Å². The number of rotatable bonds is 3. The maximum Gasteiger partial charge on any atom is 0.311 e. The first kappa shape index (κ1) is 9.85. The third-order valence-electron chi connectivity index (χ3n) is 1.81. The summed E-state index contributed by atoms with van der Waals surface area (Å²) in [5.74, 6) is -0.107. The van der Waals surface area contributed by atoms with Crippen LogP contribution >= 0.6 is 11.6 Å². The average molecular weight is 227 g/mol. The maximum atomic E-state index is 10.5. The van der Waals surface area contributed by atoms with Crippen LogP contribution in [0.1, 0.15) is 11.5 Å². The van der Waals surface area contributed by atoms with E-state index in [1.54, 1.807) is 12.3 Å². The van der Waals surface area contributed by atoms with Crippen molar-refractivity contribution < 1.29 is 9.90 Å². The molecule has 0 aliphatic carbocycles. The van der Waals surface area contributed by atoms with Crippen LogP contribution in [-0.2, 0) is 17.1 Å². The van der Waals surface area contributed by atoms with Crippen molar-refractivity contribution in [2.75, 3.05) is 0 Å². The lowest BCUT2D eigenvalue weighted by Gasteiger charge is -1.96. The summed E-state index contributed by atoms with van der Waals surface area (Å²) < 4.78 is 1.45. The van der Waals surface area contributed by atoms with Gasteiger partial charge < -0.3 is 5.11 Å². The van der Waals surface area contributed by atoms with Gasteiger partial charge in [0.1, 0.15) is 6.42 Å². The number of alkyl halides is 1. The van der Waals surface area contributed by atoms with Crippen molar-refractivity contribution in [2.45, 2.75) is 12.3 Å². The molecule has 78 valence electrons. The molecule has 0 aromatic carbocycles. The Bertz CT molecular complexity index is 510. The molecule has 1 N–H and O–H groups in total. The Morgan fingerprint density at radius 2 is 2.40 bits per heavy atom. The Kier molecular flexibility index (Phi) is 2.51. The van der Waals surface area contributed by atoms with Crippen LogP contribution in [0.5, 0.6) is 0 Å². The Labute approximate surface area is 89.5 Å². The molecule has 7 heteroatoms. The van der Waals surface area contributed by atoms with Crippen molar-refractivity contribution in [3.63, 3.8) is 0 Å². The highest BCUT2D eigenvalue weighted by Crippen LogP contribution is 2.05. The molecular weight excluding hydrogens is 220 g/mol. The van der Waals surface area contributed by atoms with Gasteiger partial charge in [0.25, 0.3) is 5.78 Å². The molecule has 0 atom stereocenters. The quantitative estimate of drug-likeness (QED) is 0.771. The number of fused-ring (bicyclic) bond motifs is 1. The molecule has 0 radical (unpaired) electrons. The largest absolute Gasteiger partial charge is 0.481 e. The van der Waals surface area contributed by atoms with Gasteiger partial charge in [-0.1, -0.05) is 0 Å². The minimum atomic E-state index is -0.974. The van der Waals surface area contributed by atoms with Crippen LogP contribution in [-0.4, -0.2) is 30.7 Å². The molecule has 0 fully saturated rings.